The van der Waals surface area contributed by atoms with Gasteiger partial charge in [0.2, 0.25) is 0 Å². The van der Waals surface area contributed by atoms with E-state index in [0.29, 0.717) is 5.41 Å². The summed E-state index contributed by atoms with van der Waals surface area (Å²) in [6.07, 6.45) is 5.36. The van der Waals surface area contributed by atoms with Crippen LogP contribution in [0.1, 0.15) is 52.0 Å². The Labute approximate surface area is 107 Å². The number of benzene rings is 1. The first kappa shape index (κ1) is 14.2. The fourth-order valence-electron chi connectivity index (χ4n) is 2.08. The van der Waals surface area contributed by atoms with E-state index in [1.807, 2.05) is 0 Å². The van der Waals surface area contributed by atoms with Crippen molar-refractivity contribution in [1.29, 1.82) is 0 Å². The summed E-state index contributed by atoms with van der Waals surface area (Å²) in [4.78, 5) is 0. The van der Waals surface area contributed by atoms with Crippen molar-refractivity contribution in [3.8, 4) is 0 Å². The third kappa shape index (κ3) is 6.48. The molecule has 0 amide bonds. The van der Waals surface area contributed by atoms with Crippen LogP contribution in [0.15, 0.2) is 30.3 Å². The molecule has 0 heterocycles. The van der Waals surface area contributed by atoms with Gasteiger partial charge in [-0.15, -0.1) is 0 Å². The zero-order valence-electron chi connectivity index (χ0n) is 11.6. The van der Waals surface area contributed by atoms with Gasteiger partial charge in [0.1, 0.15) is 0 Å². The van der Waals surface area contributed by atoms with Crippen molar-refractivity contribution >= 4 is 0 Å². The maximum atomic E-state index is 3.57. The van der Waals surface area contributed by atoms with Gasteiger partial charge in [-0.2, -0.15) is 0 Å². The lowest BCUT2D eigenvalue weighted by Gasteiger charge is -2.25. The smallest absolute Gasteiger partial charge is 0.0205 e. The zero-order chi connectivity index (χ0) is 12.6. The molecule has 0 aliphatic heterocycles. The van der Waals surface area contributed by atoms with Crippen LogP contribution < -0.4 is 5.32 Å². The van der Waals surface area contributed by atoms with Crippen LogP contribution in [0, 0.1) is 5.41 Å². The Morgan fingerprint density at radius 3 is 2.41 bits per heavy atom. The van der Waals surface area contributed by atoms with E-state index in [1.54, 1.807) is 0 Å². The second-order valence-corrected chi connectivity index (χ2v) is 5.71. The Morgan fingerprint density at radius 2 is 1.76 bits per heavy atom. The largest absolute Gasteiger partial charge is 0.312 e. The minimum absolute atomic E-state index is 0.421. The summed E-state index contributed by atoms with van der Waals surface area (Å²) in [5.74, 6) is 0. The van der Waals surface area contributed by atoms with Gasteiger partial charge in [0.25, 0.3) is 0 Å². The molecule has 0 radical (unpaired) electrons. The molecule has 1 heteroatoms. The number of unbranched alkanes of at least 4 members (excludes halogenated alkanes) is 2. The van der Waals surface area contributed by atoms with Crippen molar-refractivity contribution in [3.63, 3.8) is 0 Å². The van der Waals surface area contributed by atoms with Crippen LogP contribution in [0.2, 0.25) is 0 Å². The highest BCUT2D eigenvalue weighted by Gasteiger charge is 2.16. The van der Waals surface area contributed by atoms with Crippen molar-refractivity contribution in [2.45, 2.75) is 53.0 Å². The predicted octanol–water partition coefficient (Wildman–Crippen LogP) is 4.38. The number of hydrogen-bond donors (Lipinski definition) is 1. The second-order valence-electron chi connectivity index (χ2n) is 5.71. The van der Waals surface area contributed by atoms with Crippen LogP contribution in [0.4, 0.5) is 0 Å². The van der Waals surface area contributed by atoms with Crippen LogP contribution in [-0.4, -0.2) is 6.54 Å². The molecule has 1 aromatic carbocycles. The monoisotopic (exact) mass is 233 g/mol. The van der Waals surface area contributed by atoms with Crippen LogP contribution in [0.3, 0.4) is 0 Å². The molecular formula is C16H27N. The Morgan fingerprint density at radius 1 is 1.06 bits per heavy atom. The highest BCUT2D eigenvalue weighted by Crippen LogP contribution is 2.22. The number of nitrogens with one attached hydrogen (secondary N) is 1. The van der Waals surface area contributed by atoms with Gasteiger partial charge in [0.15, 0.2) is 0 Å². The van der Waals surface area contributed by atoms with Gasteiger partial charge in [-0.25, -0.2) is 0 Å². The maximum absolute atomic E-state index is 3.57. The van der Waals surface area contributed by atoms with Crippen LogP contribution in [-0.2, 0) is 6.54 Å². The second kappa shape index (κ2) is 7.50. The molecular weight excluding hydrogens is 206 g/mol. The normalized spacial score (nSPS) is 11.7. The van der Waals surface area contributed by atoms with Gasteiger partial charge in [-0.05, 0) is 17.4 Å². The lowest BCUT2D eigenvalue weighted by atomic mass is 9.87. The molecule has 0 saturated heterocycles. The summed E-state index contributed by atoms with van der Waals surface area (Å²) in [5.41, 5.74) is 1.79. The molecule has 17 heavy (non-hydrogen) atoms. The quantitative estimate of drug-likeness (QED) is 0.657. The minimum Gasteiger partial charge on any atom is -0.312 e. The Hall–Kier alpha value is -0.820. The van der Waals surface area contributed by atoms with E-state index in [4.69, 9.17) is 0 Å². The minimum atomic E-state index is 0.421. The van der Waals surface area contributed by atoms with Crippen molar-refractivity contribution < 1.29 is 0 Å². The van der Waals surface area contributed by atoms with Crippen molar-refractivity contribution in [3.05, 3.63) is 35.9 Å². The molecule has 0 aliphatic carbocycles. The topological polar surface area (TPSA) is 12.0 Å². The summed E-state index contributed by atoms with van der Waals surface area (Å²) in [7, 11) is 0. The molecule has 0 unspecified atom stereocenters. The average molecular weight is 233 g/mol. The molecule has 1 rings (SSSR count). The molecule has 1 aromatic rings. The van der Waals surface area contributed by atoms with E-state index in [1.165, 1.54) is 31.2 Å². The van der Waals surface area contributed by atoms with E-state index in [0.717, 1.165) is 13.1 Å². The van der Waals surface area contributed by atoms with E-state index in [9.17, 15) is 0 Å². The molecule has 0 aliphatic rings. The Balaban J connectivity index is 2.20. The first-order valence-corrected chi connectivity index (χ1v) is 6.89. The summed E-state index contributed by atoms with van der Waals surface area (Å²) < 4.78 is 0. The molecule has 0 fully saturated rings. The number of rotatable bonds is 8. The molecule has 0 aromatic heterocycles. The van der Waals surface area contributed by atoms with Crippen LogP contribution in [0.25, 0.3) is 0 Å². The Bertz CT molecular complexity index is 290. The van der Waals surface area contributed by atoms with E-state index >= 15 is 0 Å². The molecule has 96 valence electrons. The predicted molar refractivity (Wildman–Crippen MR) is 76.1 cm³/mol. The van der Waals surface area contributed by atoms with Crippen molar-refractivity contribution in [2.75, 3.05) is 6.54 Å². The van der Waals surface area contributed by atoms with Gasteiger partial charge < -0.3 is 5.32 Å². The summed E-state index contributed by atoms with van der Waals surface area (Å²) in [6, 6.07) is 10.6. The lowest BCUT2D eigenvalue weighted by Crippen LogP contribution is -2.29. The third-order valence-electron chi connectivity index (χ3n) is 3.23. The molecule has 0 spiro atoms. The van der Waals surface area contributed by atoms with E-state index in [2.05, 4.69) is 56.4 Å². The fraction of sp³-hybridized carbons (Fsp3) is 0.625. The first-order chi connectivity index (χ1) is 8.14. The van der Waals surface area contributed by atoms with Gasteiger partial charge in [0, 0.05) is 13.1 Å². The third-order valence-corrected chi connectivity index (χ3v) is 3.23. The van der Waals surface area contributed by atoms with E-state index < -0.39 is 0 Å². The first-order valence-electron chi connectivity index (χ1n) is 6.89. The highest BCUT2D eigenvalue weighted by molar-refractivity contribution is 5.14. The SMILES string of the molecule is CCCCCC(C)(C)CNCc1ccccc1. The van der Waals surface area contributed by atoms with Crippen molar-refractivity contribution in [2.24, 2.45) is 5.41 Å². The molecule has 0 atom stereocenters. The van der Waals surface area contributed by atoms with Gasteiger partial charge in [-0.3, -0.25) is 0 Å². The molecule has 1 N–H and O–H groups in total. The summed E-state index contributed by atoms with van der Waals surface area (Å²) >= 11 is 0. The Kier molecular flexibility index (Phi) is 6.28. The molecule has 0 saturated carbocycles. The van der Waals surface area contributed by atoms with Crippen molar-refractivity contribution in [1.82, 2.24) is 5.32 Å². The number of hydrogen-bond acceptors (Lipinski definition) is 1. The van der Waals surface area contributed by atoms with Gasteiger partial charge in [0.05, 0.1) is 0 Å². The zero-order valence-corrected chi connectivity index (χ0v) is 11.6. The summed E-state index contributed by atoms with van der Waals surface area (Å²) in [5, 5.41) is 3.57. The van der Waals surface area contributed by atoms with E-state index in [-0.39, 0.29) is 0 Å². The standard InChI is InChI=1S/C16H27N/c1-4-5-9-12-16(2,3)14-17-13-15-10-7-6-8-11-15/h6-8,10-11,17H,4-5,9,12-14H2,1-3H3. The summed E-state index contributed by atoms with van der Waals surface area (Å²) in [6.45, 7) is 9.08. The highest BCUT2D eigenvalue weighted by atomic mass is 14.9. The fourth-order valence-corrected chi connectivity index (χ4v) is 2.08. The molecule has 0 bridgehead atoms. The van der Waals surface area contributed by atoms with Crippen LogP contribution in [0.5, 0.6) is 0 Å². The lowest BCUT2D eigenvalue weighted by molar-refractivity contribution is 0.302. The van der Waals surface area contributed by atoms with Gasteiger partial charge >= 0.3 is 0 Å². The molecule has 1 nitrogen and oxygen atoms in total. The van der Waals surface area contributed by atoms with Crippen LogP contribution >= 0.6 is 0 Å². The average Bonchev–Trinajstić information content (AvgIpc) is 2.30. The van der Waals surface area contributed by atoms with Gasteiger partial charge in [-0.1, -0.05) is 70.4 Å². The maximum Gasteiger partial charge on any atom is 0.0205 e.